The second-order valence-corrected chi connectivity index (χ2v) is 4.80. The monoisotopic (exact) mass is 231 g/mol. The van der Waals surface area contributed by atoms with Gasteiger partial charge in [0.15, 0.2) is 5.78 Å². The molecule has 1 aromatic rings. The lowest BCUT2D eigenvalue weighted by atomic mass is 9.90. The van der Waals surface area contributed by atoms with Gasteiger partial charge in [-0.3, -0.25) is 4.79 Å². The number of ether oxygens (including phenoxy) is 1. The van der Waals surface area contributed by atoms with E-state index in [2.05, 4.69) is 11.4 Å². The van der Waals surface area contributed by atoms with Crippen LogP contribution in [0.3, 0.4) is 0 Å². The quantitative estimate of drug-likeness (QED) is 0.793. The fraction of sp³-hybridized carbons (Fsp3) is 0.500. The molecule has 3 rings (SSSR count). The van der Waals surface area contributed by atoms with E-state index >= 15 is 0 Å². The average molecular weight is 231 g/mol. The Balaban J connectivity index is 1.81. The van der Waals surface area contributed by atoms with Crippen molar-refractivity contribution in [3.63, 3.8) is 0 Å². The highest BCUT2D eigenvalue weighted by atomic mass is 16.5. The van der Waals surface area contributed by atoms with Gasteiger partial charge in [-0.25, -0.2) is 0 Å². The standard InChI is InChI=1S/C14H17NO2/c16-14(10-4-7-17-8-5-10)12-1-2-13-11(9-12)3-6-15-13/h1-2,9-10,15H,3-8H2. The van der Waals surface area contributed by atoms with E-state index in [1.54, 1.807) is 0 Å². The van der Waals surface area contributed by atoms with Crippen LogP contribution in [0.1, 0.15) is 28.8 Å². The van der Waals surface area contributed by atoms with Crippen LogP contribution in [0.15, 0.2) is 18.2 Å². The minimum atomic E-state index is 0.163. The molecule has 0 bridgehead atoms. The summed E-state index contributed by atoms with van der Waals surface area (Å²) in [6, 6.07) is 6.05. The second kappa shape index (κ2) is 4.49. The van der Waals surface area contributed by atoms with Crippen LogP contribution in [0.25, 0.3) is 0 Å². The third kappa shape index (κ3) is 2.07. The summed E-state index contributed by atoms with van der Waals surface area (Å²) in [5.74, 6) is 0.458. The van der Waals surface area contributed by atoms with Crippen LogP contribution in [0, 0.1) is 5.92 Å². The van der Waals surface area contributed by atoms with Crippen LogP contribution >= 0.6 is 0 Å². The first-order chi connectivity index (χ1) is 8.34. The minimum Gasteiger partial charge on any atom is -0.384 e. The van der Waals surface area contributed by atoms with Gasteiger partial charge < -0.3 is 10.1 Å². The van der Waals surface area contributed by atoms with Gasteiger partial charge in [-0.1, -0.05) is 0 Å². The molecule has 0 unspecified atom stereocenters. The number of hydrogen-bond donors (Lipinski definition) is 1. The summed E-state index contributed by atoms with van der Waals surface area (Å²) in [5, 5.41) is 3.31. The van der Waals surface area contributed by atoms with Crippen molar-refractivity contribution < 1.29 is 9.53 Å². The summed E-state index contributed by atoms with van der Waals surface area (Å²) in [4.78, 5) is 12.3. The Morgan fingerprint density at radius 1 is 1.29 bits per heavy atom. The first-order valence-corrected chi connectivity index (χ1v) is 6.33. The molecule has 0 atom stereocenters. The maximum absolute atomic E-state index is 12.3. The van der Waals surface area contributed by atoms with Gasteiger partial charge in [0.1, 0.15) is 0 Å². The minimum absolute atomic E-state index is 0.163. The molecule has 2 aliphatic rings. The van der Waals surface area contributed by atoms with Crippen molar-refractivity contribution in [3.8, 4) is 0 Å². The topological polar surface area (TPSA) is 38.3 Å². The van der Waals surface area contributed by atoms with Gasteiger partial charge in [-0.05, 0) is 43.0 Å². The molecule has 0 radical (unpaired) electrons. The molecule has 1 aromatic carbocycles. The van der Waals surface area contributed by atoms with Gasteiger partial charge in [0.2, 0.25) is 0 Å². The van der Waals surface area contributed by atoms with E-state index in [0.29, 0.717) is 5.78 Å². The molecule has 1 N–H and O–H groups in total. The molecule has 0 spiro atoms. The molecule has 2 aliphatic heterocycles. The van der Waals surface area contributed by atoms with Crippen LogP contribution in [-0.4, -0.2) is 25.5 Å². The van der Waals surface area contributed by atoms with Gasteiger partial charge in [-0.15, -0.1) is 0 Å². The lowest BCUT2D eigenvalue weighted by molar-refractivity contribution is 0.0545. The van der Waals surface area contributed by atoms with Crippen LogP contribution in [0.2, 0.25) is 0 Å². The number of fused-ring (bicyclic) bond motifs is 1. The van der Waals surface area contributed by atoms with Crippen LogP contribution in [-0.2, 0) is 11.2 Å². The number of ketones is 1. The molecule has 17 heavy (non-hydrogen) atoms. The predicted molar refractivity (Wildman–Crippen MR) is 66.5 cm³/mol. The highest BCUT2D eigenvalue weighted by Gasteiger charge is 2.23. The molecule has 3 heteroatoms. The molecule has 0 aromatic heterocycles. The molecule has 0 aliphatic carbocycles. The summed E-state index contributed by atoms with van der Waals surface area (Å²) < 4.78 is 5.30. The van der Waals surface area contributed by atoms with Gasteiger partial charge >= 0.3 is 0 Å². The number of benzene rings is 1. The third-order valence-corrected chi connectivity index (χ3v) is 3.69. The van der Waals surface area contributed by atoms with E-state index < -0.39 is 0 Å². The fourth-order valence-electron chi connectivity index (χ4n) is 2.65. The molecular formula is C14H17NO2. The van der Waals surface area contributed by atoms with E-state index in [1.165, 1.54) is 11.3 Å². The maximum atomic E-state index is 12.3. The average Bonchev–Trinajstić information content (AvgIpc) is 2.86. The lowest BCUT2D eigenvalue weighted by Crippen LogP contribution is -2.23. The zero-order valence-electron chi connectivity index (χ0n) is 9.87. The Morgan fingerprint density at radius 3 is 2.94 bits per heavy atom. The number of Topliss-reactive ketones (excluding diaryl/α,β-unsaturated/α-hetero) is 1. The number of rotatable bonds is 2. The number of nitrogens with one attached hydrogen (secondary N) is 1. The van der Waals surface area contributed by atoms with Crippen molar-refractivity contribution in [2.45, 2.75) is 19.3 Å². The van der Waals surface area contributed by atoms with Crippen molar-refractivity contribution in [2.24, 2.45) is 5.92 Å². The van der Waals surface area contributed by atoms with Gasteiger partial charge in [0.05, 0.1) is 0 Å². The molecule has 90 valence electrons. The molecule has 1 fully saturated rings. The molecule has 1 saturated heterocycles. The van der Waals surface area contributed by atoms with E-state index in [9.17, 15) is 4.79 Å². The molecule has 0 amide bonds. The number of hydrogen-bond acceptors (Lipinski definition) is 3. The second-order valence-electron chi connectivity index (χ2n) is 4.80. The summed E-state index contributed by atoms with van der Waals surface area (Å²) in [6.45, 7) is 2.44. The SMILES string of the molecule is O=C(c1ccc2c(c1)CCN2)C1CCOCC1. The highest BCUT2D eigenvalue weighted by molar-refractivity contribution is 5.98. The van der Waals surface area contributed by atoms with Crippen molar-refractivity contribution in [1.29, 1.82) is 0 Å². The summed E-state index contributed by atoms with van der Waals surface area (Å²) in [7, 11) is 0. The number of carbonyl (C=O) groups excluding carboxylic acids is 1. The Kier molecular flexibility index (Phi) is 2.85. The van der Waals surface area contributed by atoms with Crippen molar-refractivity contribution in [1.82, 2.24) is 0 Å². The van der Waals surface area contributed by atoms with E-state index in [4.69, 9.17) is 4.74 Å². The Labute approximate surface area is 101 Å². The zero-order valence-corrected chi connectivity index (χ0v) is 9.87. The normalized spacial score (nSPS) is 19.8. The first-order valence-electron chi connectivity index (χ1n) is 6.33. The largest absolute Gasteiger partial charge is 0.384 e. The van der Waals surface area contributed by atoms with E-state index in [1.807, 2.05) is 12.1 Å². The number of carbonyl (C=O) groups is 1. The van der Waals surface area contributed by atoms with E-state index in [0.717, 1.165) is 44.6 Å². The van der Waals surface area contributed by atoms with Crippen LogP contribution < -0.4 is 5.32 Å². The summed E-state index contributed by atoms with van der Waals surface area (Å²) >= 11 is 0. The van der Waals surface area contributed by atoms with Gasteiger partial charge in [0, 0.05) is 36.9 Å². The fourth-order valence-corrected chi connectivity index (χ4v) is 2.65. The smallest absolute Gasteiger partial charge is 0.166 e. The maximum Gasteiger partial charge on any atom is 0.166 e. The Bertz CT molecular complexity index is 436. The van der Waals surface area contributed by atoms with Crippen molar-refractivity contribution >= 4 is 11.5 Å². The number of anilines is 1. The van der Waals surface area contributed by atoms with Crippen molar-refractivity contribution in [2.75, 3.05) is 25.1 Å². The predicted octanol–water partition coefficient (Wildman–Crippen LogP) is 2.26. The van der Waals surface area contributed by atoms with Crippen LogP contribution in [0.5, 0.6) is 0 Å². The molecule has 3 nitrogen and oxygen atoms in total. The summed E-state index contributed by atoms with van der Waals surface area (Å²) in [5.41, 5.74) is 3.34. The Hall–Kier alpha value is -1.35. The van der Waals surface area contributed by atoms with Crippen molar-refractivity contribution in [3.05, 3.63) is 29.3 Å². The van der Waals surface area contributed by atoms with Gasteiger partial charge in [-0.2, -0.15) is 0 Å². The van der Waals surface area contributed by atoms with Gasteiger partial charge in [0.25, 0.3) is 0 Å². The lowest BCUT2D eigenvalue weighted by Gasteiger charge is -2.21. The third-order valence-electron chi connectivity index (χ3n) is 3.69. The molecule has 0 saturated carbocycles. The summed E-state index contributed by atoms with van der Waals surface area (Å²) in [6.07, 6.45) is 2.77. The molecule has 2 heterocycles. The zero-order chi connectivity index (χ0) is 11.7. The molecular weight excluding hydrogens is 214 g/mol. The van der Waals surface area contributed by atoms with Crippen LogP contribution in [0.4, 0.5) is 5.69 Å². The highest BCUT2D eigenvalue weighted by Crippen LogP contribution is 2.26. The Morgan fingerprint density at radius 2 is 2.12 bits per heavy atom. The van der Waals surface area contributed by atoms with E-state index in [-0.39, 0.29) is 5.92 Å². The first kappa shape index (κ1) is 10.8.